The third kappa shape index (κ3) is 5.21. The molecule has 7 atom stereocenters. The lowest BCUT2D eigenvalue weighted by Crippen LogP contribution is -2.58. The second-order valence-electron chi connectivity index (χ2n) is 13.2. The molecule has 1 aromatic rings. The highest BCUT2D eigenvalue weighted by molar-refractivity contribution is 5.92. The quantitative estimate of drug-likeness (QED) is 0.371. The average molecular weight is 580 g/mol. The third-order valence-electron chi connectivity index (χ3n) is 11.2. The SMILES string of the molecule is C[C@]12CCC(=O)C=C1CCC1C2CC[C@@]2(C)C1CC[C@]2(O)C(=O)COC(=O)CCC(=O)NC(C(=O)O)c1ccccc1. The number of Topliss-reactive ketones (excluding diaryl/α,β-unsaturated/α-hetero) is 1. The second-order valence-corrected chi connectivity index (χ2v) is 13.2. The van der Waals surface area contributed by atoms with Gasteiger partial charge in [-0.1, -0.05) is 49.8 Å². The number of hydrogen-bond donors (Lipinski definition) is 3. The fourth-order valence-electron chi connectivity index (χ4n) is 8.75. The summed E-state index contributed by atoms with van der Waals surface area (Å²) < 4.78 is 5.21. The van der Waals surface area contributed by atoms with E-state index in [9.17, 15) is 34.2 Å². The number of carboxylic acids is 1. The topological polar surface area (TPSA) is 147 Å². The van der Waals surface area contributed by atoms with Gasteiger partial charge in [-0.25, -0.2) is 4.79 Å². The molecule has 5 rings (SSSR count). The number of benzene rings is 1. The monoisotopic (exact) mass is 579 g/mol. The Kier molecular flexibility index (Phi) is 8.18. The van der Waals surface area contributed by atoms with Gasteiger partial charge in [0.25, 0.3) is 0 Å². The van der Waals surface area contributed by atoms with Crippen LogP contribution < -0.4 is 5.32 Å². The summed E-state index contributed by atoms with van der Waals surface area (Å²) >= 11 is 0. The summed E-state index contributed by atoms with van der Waals surface area (Å²) in [5.41, 5.74) is -0.541. The second kappa shape index (κ2) is 11.4. The van der Waals surface area contributed by atoms with Gasteiger partial charge in [0.1, 0.15) is 5.60 Å². The first-order chi connectivity index (χ1) is 19.9. The molecular formula is C33H41NO8. The first-order valence-electron chi connectivity index (χ1n) is 15.1. The van der Waals surface area contributed by atoms with Gasteiger partial charge in [0, 0.05) is 18.3 Å². The molecule has 1 aromatic carbocycles. The van der Waals surface area contributed by atoms with Crippen LogP contribution in [0.2, 0.25) is 0 Å². The van der Waals surface area contributed by atoms with Crippen molar-refractivity contribution in [2.24, 2.45) is 28.6 Å². The number of rotatable bonds is 9. The Balaban J connectivity index is 1.16. The zero-order valence-corrected chi connectivity index (χ0v) is 24.4. The van der Waals surface area contributed by atoms with Crippen LogP contribution in [-0.2, 0) is 28.7 Å². The molecule has 9 nitrogen and oxygen atoms in total. The first-order valence-corrected chi connectivity index (χ1v) is 15.1. The minimum Gasteiger partial charge on any atom is -0.479 e. The smallest absolute Gasteiger partial charge is 0.330 e. The standard InChI is InChI=1S/C33H41NO8/c1-31-15-12-22(35)18-21(31)8-9-23-24(31)13-16-32(2)25(23)14-17-33(32,41)26(36)19-42-28(38)11-10-27(37)34-29(30(39)40)20-6-4-3-5-7-20/h3-7,18,23-25,29,41H,8-17,19H2,1-2H3,(H,34,37)(H,39,40)/t23?,24?,25?,29?,31-,32-,33-/m0/s1. The van der Waals surface area contributed by atoms with Crippen molar-refractivity contribution in [1.82, 2.24) is 5.32 Å². The van der Waals surface area contributed by atoms with Crippen molar-refractivity contribution >= 4 is 29.4 Å². The molecule has 4 unspecified atom stereocenters. The Labute approximate surface area is 246 Å². The van der Waals surface area contributed by atoms with Crippen LogP contribution in [0, 0.1) is 28.6 Å². The molecule has 4 aliphatic carbocycles. The van der Waals surface area contributed by atoms with Crippen molar-refractivity contribution in [3.63, 3.8) is 0 Å². The number of carboxylic acid groups (broad SMARTS) is 1. The molecule has 3 saturated carbocycles. The molecule has 3 N–H and O–H groups in total. The number of aliphatic carboxylic acids is 1. The highest BCUT2D eigenvalue weighted by Gasteiger charge is 2.66. The van der Waals surface area contributed by atoms with Crippen molar-refractivity contribution in [3.8, 4) is 0 Å². The molecule has 0 aromatic heterocycles. The van der Waals surface area contributed by atoms with Crippen LogP contribution in [0.5, 0.6) is 0 Å². The number of fused-ring (bicyclic) bond motifs is 5. The Morgan fingerprint density at radius 2 is 1.69 bits per heavy atom. The summed E-state index contributed by atoms with van der Waals surface area (Å²) in [4.78, 5) is 61.9. The minimum atomic E-state index is -1.59. The Hall–Kier alpha value is -3.33. The number of carbonyl (C=O) groups is 5. The number of nitrogens with one attached hydrogen (secondary N) is 1. The van der Waals surface area contributed by atoms with Gasteiger partial charge in [-0.2, -0.15) is 0 Å². The predicted octanol–water partition coefficient (Wildman–Crippen LogP) is 4.08. The fourth-order valence-corrected chi connectivity index (χ4v) is 8.75. The number of esters is 1. The number of ether oxygens (including phenoxy) is 1. The van der Waals surface area contributed by atoms with E-state index >= 15 is 0 Å². The molecule has 0 bridgehead atoms. The van der Waals surface area contributed by atoms with E-state index in [-0.39, 0.29) is 30.0 Å². The molecule has 226 valence electrons. The fraction of sp³-hybridized carbons (Fsp3) is 0.606. The van der Waals surface area contributed by atoms with Crippen molar-refractivity contribution in [3.05, 3.63) is 47.5 Å². The molecule has 0 heterocycles. The highest BCUT2D eigenvalue weighted by atomic mass is 16.5. The minimum absolute atomic E-state index is 0.00370. The zero-order valence-electron chi connectivity index (χ0n) is 24.4. The summed E-state index contributed by atoms with van der Waals surface area (Å²) in [5, 5.41) is 23.7. The van der Waals surface area contributed by atoms with E-state index in [1.54, 1.807) is 30.3 Å². The maximum Gasteiger partial charge on any atom is 0.330 e. The van der Waals surface area contributed by atoms with Gasteiger partial charge in [0.05, 0.1) is 6.42 Å². The van der Waals surface area contributed by atoms with Crippen molar-refractivity contribution in [1.29, 1.82) is 0 Å². The van der Waals surface area contributed by atoms with Crippen LogP contribution in [0.25, 0.3) is 0 Å². The normalized spacial score (nSPS) is 34.2. The van der Waals surface area contributed by atoms with Crippen LogP contribution in [0.1, 0.15) is 89.7 Å². The van der Waals surface area contributed by atoms with E-state index in [0.717, 1.165) is 32.1 Å². The molecule has 42 heavy (non-hydrogen) atoms. The Morgan fingerprint density at radius 1 is 0.976 bits per heavy atom. The van der Waals surface area contributed by atoms with Gasteiger partial charge < -0.3 is 20.3 Å². The molecule has 0 spiro atoms. The molecule has 0 saturated heterocycles. The lowest BCUT2D eigenvalue weighted by atomic mass is 9.46. The number of amides is 1. The highest BCUT2D eigenvalue weighted by Crippen LogP contribution is 2.67. The summed E-state index contributed by atoms with van der Waals surface area (Å²) in [6.07, 6.45) is 7.15. The van der Waals surface area contributed by atoms with Gasteiger partial charge in [0.15, 0.2) is 18.4 Å². The van der Waals surface area contributed by atoms with E-state index in [2.05, 4.69) is 12.2 Å². The number of carbonyl (C=O) groups excluding carboxylic acids is 4. The van der Waals surface area contributed by atoms with Crippen LogP contribution in [-0.4, -0.2) is 51.8 Å². The molecule has 9 heteroatoms. The van der Waals surface area contributed by atoms with E-state index in [1.165, 1.54) is 5.57 Å². The van der Waals surface area contributed by atoms with Gasteiger partial charge in [0.2, 0.25) is 11.7 Å². The summed E-state index contributed by atoms with van der Waals surface area (Å²) in [5.74, 6) is -1.94. The lowest BCUT2D eigenvalue weighted by Gasteiger charge is -2.58. The van der Waals surface area contributed by atoms with Crippen LogP contribution in [0.4, 0.5) is 0 Å². The largest absolute Gasteiger partial charge is 0.479 e. The van der Waals surface area contributed by atoms with Crippen molar-refractivity contribution in [2.75, 3.05) is 6.61 Å². The van der Waals surface area contributed by atoms with Crippen LogP contribution in [0.15, 0.2) is 42.0 Å². The number of ketones is 2. The first kappa shape index (κ1) is 30.1. The van der Waals surface area contributed by atoms with E-state index in [0.29, 0.717) is 36.7 Å². The summed E-state index contributed by atoms with van der Waals surface area (Å²) in [7, 11) is 0. The molecule has 0 aliphatic heterocycles. The van der Waals surface area contributed by atoms with Gasteiger partial charge in [-0.3, -0.25) is 19.2 Å². The number of aliphatic hydroxyl groups is 1. The lowest BCUT2D eigenvalue weighted by molar-refractivity contribution is -0.170. The number of allylic oxidation sites excluding steroid dienone is 1. The summed E-state index contributed by atoms with van der Waals surface area (Å²) in [6.45, 7) is 3.73. The maximum atomic E-state index is 13.4. The van der Waals surface area contributed by atoms with Crippen molar-refractivity contribution in [2.45, 2.75) is 89.7 Å². The Bertz CT molecular complexity index is 1310. The van der Waals surface area contributed by atoms with Crippen molar-refractivity contribution < 1.29 is 38.9 Å². The molecule has 0 radical (unpaired) electrons. The van der Waals surface area contributed by atoms with E-state index < -0.39 is 47.3 Å². The third-order valence-corrected chi connectivity index (χ3v) is 11.2. The van der Waals surface area contributed by atoms with E-state index in [1.807, 2.05) is 13.0 Å². The van der Waals surface area contributed by atoms with E-state index in [4.69, 9.17) is 4.74 Å². The van der Waals surface area contributed by atoms with Crippen LogP contribution in [0.3, 0.4) is 0 Å². The average Bonchev–Trinajstić information content (AvgIpc) is 3.25. The molecule has 1 amide bonds. The van der Waals surface area contributed by atoms with Gasteiger partial charge >= 0.3 is 11.9 Å². The Morgan fingerprint density at radius 3 is 2.40 bits per heavy atom. The summed E-state index contributed by atoms with van der Waals surface area (Å²) in [6, 6.07) is 7.00. The van der Waals surface area contributed by atoms with Gasteiger partial charge in [-0.05, 0) is 79.8 Å². The van der Waals surface area contributed by atoms with Gasteiger partial charge in [-0.15, -0.1) is 0 Å². The molecule has 3 fully saturated rings. The van der Waals surface area contributed by atoms with Crippen LogP contribution >= 0.6 is 0 Å². The molecular weight excluding hydrogens is 538 g/mol. The zero-order chi connectivity index (χ0) is 30.3. The molecule has 4 aliphatic rings. The number of hydrogen-bond acceptors (Lipinski definition) is 7. The predicted molar refractivity (Wildman–Crippen MR) is 152 cm³/mol. The maximum absolute atomic E-state index is 13.4.